The first-order valence-corrected chi connectivity index (χ1v) is 8.57. The van der Waals surface area contributed by atoms with Gasteiger partial charge in [0.05, 0.1) is 27.7 Å². The summed E-state index contributed by atoms with van der Waals surface area (Å²) < 4.78 is 0. The molecule has 3 rings (SSSR count). The largest absolute Gasteiger partial charge is 0.545 e. The molecule has 1 aromatic heterocycles. The van der Waals surface area contributed by atoms with Crippen molar-refractivity contribution in [3.05, 3.63) is 74.6 Å². The maximum atomic E-state index is 12.4. The summed E-state index contributed by atoms with van der Waals surface area (Å²) in [4.78, 5) is 38.2. The van der Waals surface area contributed by atoms with Crippen molar-refractivity contribution in [3.63, 3.8) is 0 Å². The van der Waals surface area contributed by atoms with Crippen molar-refractivity contribution >= 4 is 34.0 Å². The van der Waals surface area contributed by atoms with Crippen molar-refractivity contribution in [1.82, 2.24) is 4.98 Å². The van der Waals surface area contributed by atoms with Crippen molar-refractivity contribution in [2.45, 2.75) is 6.92 Å². The van der Waals surface area contributed by atoms with Crippen LogP contribution in [0.25, 0.3) is 11.3 Å². The van der Waals surface area contributed by atoms with E-state index in [1.54, 1.807) is 5.38 Å². The average Bonchev–Trinajstić information content (AvgIpc) is 3.09. The highest BCUT2D eigenvalue weighted by atomic mass is 32.1. The minimum absolute atomic E-state index is 0.242. The predicted molar refractivity (Wildman–Crippen MR) is 97.7 cm³/mol. The Morgan fingerprint density at radius 3 is 2.48 bits per heavy atom. The summed E-state index contributed by atoms with van der Waals surface area (Å²) in [6.45, 7) is 1.96. The first-order valence-electron chi connectivity index (χ1n) is 7.69. The van der Waals surface area contributed by atoms with Crippen molar-refractivity contribution < 1.29 is 19.6 Å². The maximum absolute atomic E-state index is 12.4. The van der Waals surface area contributed by atoms with Crippen LogP contribution in [0.1, 0.15) is 26.3 Å². The Morgan fingerprint density at radius 2 is 1.85 bits per heavy atom. The van der Waals surface area contributed by atoms with Gasteiger partial charge in [0.2, 0.25) is 0 Å². The van der Waals surface area contributed by atoms with Crippen LogP contribution in [0.4, 0.5) is 10.8 Å². The Labute approximate surface area is 157 Å². The van der Waals surface area contributed by atoms with E-state index in [-0.39, 0.29) is 10.7 Å². The molecule has 0 saturated heterocycles. The monoisotopic (exact) mass is 382 g/mol. The average molecular weight is 382 g/mol. The number of aromatic nitrogens is 1. The van der Waals surface area contributed by atoms with Crippen LogP contribution >= 0.6 is 11.3 Å². The summed E-state index contributed by atoms with van der Waals surface area (Å²) in [7, 11) is 0. The second-order valence-corrected chi connectivity index (χ2v) is 6.46. The number of carboxylic acids is 1. The molecule has 0 fully saturated rings. The number of carboxylic acid groups (broad SMARTS) is 1. The second kappa shape index (κ2) is 7.34. The van der Waals surface area contributed by atoms with Crippen LogP contribution in [0.15, 0.2) is 47.8 Å². The molecule has 0 aliphatic heterocycles. The van der Waals surface area contributed by atoms with Crippen LogP contribution in [0.3, 0.4) is 0 Å². The Balaban J connectivity index is 1.88. The minimum atomic E-state index is -1.80. The number of carbonyl (C=O) groups excluding carboxylic acids is 2. The van der Waals surface area contributed by atoms with E-state index in [1.165, 1.54) is 12.1 Å². The number of nitro benzene ring substituents is 1. The summed E-state index contributed by atoms with van der Waals surface area (Å²) in [6.07, 6.45) is 0. The smallest absolute Gasteiger partial charge is 0.279 e. The van der Waals surface area contributed by atoms with Gasteiger partial charge in [-0.3, -0.25) is 20.2 Å². The zero-order chi connectivity index (χ0) is 19.6. The third kappa shape index (κ3) is 3.82. The lowest BCUT2D eigenvalue weighted by Crippen LogP contribution is -2.27. The molecule has 0 bridgehead atoms. The van der Waals surface area contributed by atoms with Gasteiger partial charge >= 0.3 is 0 Å². The second-order valence-electron chi connectivity index (χ2n) is 5.60. The first kappa shape index (κ1) is 18.2. The number of nitro groups is 1. The standard InChI is InChI=1S/C18H13N3O5S/c1-10-5-7-11(8-6-10)13-9-27-18(19-13)20-16(22)12-3-2-4-14(21(25)26)15(12)17(23)24/h2-9H,1H3,(H,23,24)(H,19,20,22)/p-1. The number of rotatable bonds is 5. The minimum Gasteiger partial charge on any atom is -0.545 e. The molecular formula is C18H12N3O5S-. The summed E-state index contributed by atoms with van der Waals surface area (Å²) in [6, 6.07) is 11.1. The number of hydrogen-bond donors (Lipinski definition) is 1. The van der Waals surface area contributed by atoms with Gasteiger partial charge in [-0.05, 0) is 13.0 Å². The van der Waals surface area contributed by atoms with E-state index in [0.29, 0.717) is 5.69 Å². The van der Waals surface area contributed by atoms with Crippen molar-refractivity contribution in [2.24, 2.45) is 0 Å². The van der Waals surface area contributed by atoms with Crippen LogP contribution in [-0.2, 0) is 0 Å². The van der Waals surface area contributed by atoms with Gasteiger partial charge in [0.15, 0.2) is 5.13 Å². The number of benzene rings is 2. The van der Waals surface area contributed by atoms with Gasteiger partial charge in [0, 0.05) is 17.0 Å². The number of aryl methyl sites for hydroxylation is 1. The number of aromatic carboxylic acids is 1. The molecule has 1 heterocycles. The molecule has 0 radical (unpaired) electrons. The molecular weight excluding hydrogens is 370 g/mol. The topological polar surface area (TPSA) is 125 Å². The Kier molecular flexibility index (Phi) is 4.95. The van der Waals surface area contributed by atoms with Crippen molar-refractivity contribution in [3.8, 4) is 11.3 Å². The van der Waals surface area contributed by atoms with Crippen molar-refractivity contribution in [1.29, 1.82) is 0 Å². The third-order valence-corrected chi connectivity index (χ3v) is 4.52. The van der Waals surface area contributed by atoms with E-state index in [0.717, 1.165) is 28.5 Å². The fourth-order valence-corrected chi connectivity index (χ4v) is 3.16. The molecule has 0 spiro atoms. The Morgan fingerprint density at radius 1 is 1.15 bits per heavy atom. The van der Waals surface area contributed by atoms with Crippen LogP contribution in [0, 0.1) is 17.0 Å². The molecule has 9 heteroatoms. The Bertz CT molecular complexity index is 1040. The molecule has 0 aliphatic carbocycles. The molecule has 3 aromatic rings. The molecule has 27 heavy (non-hydrogen) atoms. The Hall–Kier alpha value is -3.59. The van der Waals surface area contributed by atoms with Crippen molar-refractivity contribution in [2.75, 3.05) is 5.32 Å². The molecule has 0 saturated carbocycles. The van der Waals surface area contributed by atoms with Gasteiger partial charge in [-0.2, -0.15) is 0 Å². The zero-order valence-electron chi connectivity index (χ0n) is 14.0. The maximum Gasteiger partial charge on any atom is 0.279 e. The number of hydrogen-bond acceptors (Lipinski definition) is 7. The van der Waals surface area contributed by atoms with Gasteiger partial charge in [0.1, 0.15) is 0 Å². The number of nitrogens with one attached hydrogen (secondary N) is 1. The quantitative estimate of drug-likeness (QED) is 0.534. The van der Waals surface area contributed by atoms with Gasteiger partial charge in [-0.15, -0.1) is 11.3 Å². The van der Waals surface area contributed by atoms with Gasteiger partial charge < -0.3 is 9.90 Å². The normalized spacial score (nSPS) is 10.4. The summed E-state index contributed by atoms with van der Waals surface area (Å²) in [5, 5.41) is 26.8. The third-order valence-electron chi connectivity index (χ3n) is 3.76. The molecule has 0 atom stereocenters. The van der Waals surface area contributed by atoms with Crippen LogP contribution in [0.5, 0.6) is 0 Å². The molecule has 2 aromatic carbocycles. The number of anilines is 1. The lowest BCUT2D eigenvalue weighted by atomic mass is 10.0. The number of nitrogens with zero attached hydrogens (tertiary/aromatic N) is 2. The van der Waals surface area contributed by atoms with Crippen LogP contribution in [0.2, 0.25) is 0 Å². The van der Waals surface area contributed by atoms with Gasteiger partial charge in [-0.25, -0.2) is 4.98 Å². The van der Waals surface area contributed by atoms with E-state index in [1.807, 2.05) is 31.2 Å². The molecule has 0 aliphatic rings. The predicted octanol–water partition coefficient (Wildman–Crippen LogP) is 2.64. The van der Waals surface area contributed by atoms with E-state index >= 15 is 0 Å². The van der Waals surface area contributed by atoms with E-state index < -0.39 is 28.1 Å². The molecule has 1 N–H and O–H groups in total. The number of thiazole rings is 1. The zero-order valence-corrected chi connectivity index (χ0v) is 14.8. The van der Waals surface area contributed by atoms with E-state index in [2.05, 4.69) is 10.3 Å². The van der Waals surface area contributed by atoms with Gasteiger partial charge in [-0.1, -0.05) is 35.9 Å². The molecule has 136 valence electrons. The van der Waals surface area contributed by atoms with Gasteiger partial charge in [0.25, 0.3) is 11.6 Å². The fourth-order valence-electron chi connectivity index (χ4n) is 2.45. The molecule has 1 amide bonds. The van der Waals surface area contributed by atoms with E-state index in [4.69, 9.17) is 0 Å². The fraction of sp³-hybridized carbons (Fsp3) is 0.0556. The highest BCUT2D eigenvalue weighted by molar-refractivity contribution is 7.14. The molecule has 0 unspecified atom stereocenters. The lowest BCUT2D eigenvalue weighted by molar-refractivity contribution is -0.385. The van der Waals surface area contributed by atoms with Crippen LogP contribution in [-0.4, -0.2) is 21.8 Å². The van der Waals surface area contributed by atoms with E-state index in [9.17, 15) is 24.8 Å². The molecule has 8 nitrogen and oxygen atoms in total. The summed E-state index contributed by atoms with van der Waals surface area (Å²) in [5.41, 5.74) is 0.773. The summed E-state index contributed by atoms with van der Waals surface area (Å²) >= 11 is 1.16. The highest BCUT2D eigenvalue weighted by Gasteiger charge is 2.23. The first-order chi connectivity index (χ1) is 12.9. The van der Waals surface area contributed by atoms with Crippen LogP contribution < -0.4 is 10.4 Å². The number of carbonyl (C=O) groups is 2. The lowest BCUT2D eigenvalue weighted by Gasteiger charge is -2.10. The SMILES string of the molecule is Cc1ccc(-c2csc(NC(=O)c3cccc([N+](=O)[O-])c3C(=O)[O-])n2)cc1. The highest BCUT2D eigenvalue weighted by Crippen LogP contribution is 2.27. The number of amides is 1. The summed E-state index contributed by atoms with van der Waals surface area (Å²) in [5.74, 6) is -2.62.